The van der Waals surface area contributed by atoms with Crippen LogP contribution in [0.15, 0.2) is 119 Å². The molecule has 0 atom stereocenters. The number of rotatable bonds is 3. The molecule has 0 radical (unpaired) electrons. The van der Waals surface area contributed by atoms with Gasteiger partial charge in [0.25, 0.3) is 0 Å². The van der Waals surface area contributed by atoms with Crippen LogP contribution in [-0.2, 0) is 12.8 Å². The monoisotopic (exact) mass is 629 g/mol. The van der Waals surface area contributed by atoms with Gasteiger partial charge in [0.05, 0.1) is 0 Å². The summed E-state index contributed by atoms with van der Waals surface area (Å²) >= 11 is -3.83. The third-order valence-electron chi connectivity index (χ3n) is 10.5. The molecule has 0 saturated heterocycles. The van der Waals surface area contributed by atoms with Gasteiger partial charge in [0.2, 0.25) is 0 Å². The van der Waals surface area contributed by atoms with Crippen molar-refractivity contribution in [1.29, 1.82) is 0 Å². The molecular formula is C35H35Cl2Si2Ti. The molecule has 0 fully saturated rings. The molecular weight excluding hydrogens is 595 g/mol. The van der Waals surface area contributed by atoms with Crippen molar-refractivity contribution in [2.24, 2.45) is 0 Å². The molecule has 4 aromatic rings. The van der Waals surface area contributed by atoms with E-state index in [4.69, 9.17) is 0 Å². The van der Waals surface area contributed by atoms with E-state index >= 15 is 0 Å². The van der Waals surface area contributed by atoms with Crippen LogP contribution in [-0.4, -0.2) is 12.4 Å². The molecule has 3 aliphatic carbocycles. The molecule has 0 nitrogen and oxygen atoms in total. The molecule has 0 amide bonds. The van der Waals surface area contributed by atoms with Gasteiger partial charge in [-0.2, -0.15) is 0 Å². The van der Waals surface area contributed by atoms with E-state index in [2.05, 4.69) is 141 Å². The fraction of sp³-hybridized carbons (Fsp3) is 0.200. The third-order valence-corrected chi connectivity index (χ3v) is 63.2. The van der Waals surface area contributed by atoms with Crippen molar-refractivity contribution in [2.45, 2.75) is 41.1 Å². The van der Waals surface area contributed by atoms with Crippen LogP contribution in [0.5, 0.6) is 0 Å². The van der Waals surface area contributed by atoms with E-state index in [0.29, 0.717) is 8.45 Å². The van der Waals surface area contributed by atoms with Crippen molar-refractivity contribution < 1.29 is 37.6 Å². The summed E-state index contributed by atoms with van der Waals surface area (Å²) in [6, 6.07) is 37.9. The number of benzene rings is 4. The summed E-state index contributed by atoms with van der Waals surface area (Å²) in [4.78, 5) is 0. The number of allylic oxidation sites excluding steroid dienone is 4. The van der Waals surface area contributed by atoms with Gasteiger partial charge in [0.1, 0.15) is 0 Å². The van der Waals surface area contributed by atoms with Crippen molar-refractivity contribution in [2.75, 3.05) is 0 Å². The van der Waals surface area contributed by atoms with Crippen molar-refractivity contribution >= 4 is 12.4 Å². The van der Waals surface area contributed by atoms with E-state index in [0.717, 1.165) is 6.42 Å². The zero-order valence-corrected chi connectivity index (χ0v) is 28.7. The Balaban J connectivity index is 0.00000161. The van der Waals surface area contributed by atoms with Gasteiger partial charge in [-0.3, -0.25) is 0 Å². The summed E-state index contributed by atoms with van der Waals surface area (Å²) in [6.45, 7) is 10.9. The van der Waals surface area contributed by atoms with Crippen LogP contribution in [0.25, 0.3) is 22.3 Å². The van der Waals surface area contributed by atoms with Gasteiger partial charge < -0.3 is 24.8 Å². The number of halogens is 2. The Morgan fingerprint density at radius 3 is 1.12 bits per heavy atom. The smallest absolute Gasteiger partial charge is 1.00 e. The molecule has 0 aromatic heterocycles. The molecule has 0 heterocycles. The second-order valence-corrected chi connectivity index (χ2v) is 43.5. The Bertz CT molecular complexity index is 1660. The second-order valence-electron chi connectivity index (χ2n) is 11.9. The molecule has 3 aliphatic rings. The average molecular weight is 631 g/mol. The molecule has 0 spiro atoms. The first-order chi connectivity index (χ1) is 18.5. The number of fused-ring (bicyclic) bond motifs is 6. The average Bonchev–Trinajstić information content (AvgIpc) is 3.67. The van der Waals surface area contributed by atoms with E-state index < -0.39 is 25.2 Å². The van der Waals surface area contributed by atoms with Gasteiger partial charge in [-0.25, -0.2) is 0 Å². The van der Waals surface area contributed by atoms with Crippen molar-refractivity contribution in [1.82, 2.24) is 0 Å². The summed E-state index contributed by atoms with van der Waals surface area (Å²) in [6.07, 6.45) is 7.07. The van der Waals surface area contributed by atoms with Gasteiger partial charge in [0, 0.05) is 0 Å². The number of hydrogen-bond donors (Lipinski definition) is 0. The van der Waals surface area contributed by atoms with Gasteiger partial charge in [-0.15, -0.1) is 0 Å². The zero-order valence-electron chi connectivity index (χ0n) is 23.6. The molecule has 4 aromatic carbocycles. The summed E-state index contributed by atoms with van der Waals surface area (Å²) in [5.41, 5.74) is 12.4. The van der Waals surface area contributed by atoms with Gasteiger partial charge in [-0.05, 0) is 0 Å². The summed E-state index contributed by atoms with van der Waals surface area (Å²) in [5.74, 6) is 0. The first-order valence-corrected chi connectivity index (χ1v) is 26.3. The van der Waals surface area contributed by atoms with Gasteiger partial charge in [0.15, 0.2) is 0 Å². The summed E-state index contributed by atoms with van der Waals surface area (Å²) < 4.78 is 2.90. The summed E-state index contributed by atoms with van der Waals surface area (Å²) in [7, 11) is 0. The van der Waals surface area contributed by atoms with Crippen LogP contribution >= 0.6 is 0 Å². The van der Waals surface area contributed by atoms with Crippen molar-refractivity contribution in [3.8, 4) is 22.3 Å². The maximum Gasteiger partial charge on any atom is -1.00 e. The molecule has 7 rings (SSSR count). The summed E-state index contributed by atoms with van der Waals surface area (Å²) in [5, 5.41) is 0. The van der Waals surface area contributed by atoms with Crippen LogP contribution in [0.2, 0.25) is 26.2 Å². The fourth-order valence-electron chi connectivity index (χ4n) is 9.28. The van der Waals surface area contributed by atoms with Gasteiger partial charge >= 0.3 is 230 Å². The number of hydrogen-bond acceptors (Lipinski definition) is 0. The predicted octanol–water partition coefficient (Wildman–Crippen LogP) is 3.57. The van der Waals surface area contributed by atoms with E-state index in [1.165, 1.54) is 22.3 Å². The second kappa shape index (κ2) is 10.7. The Morgan fingerprint density at radius 1 is 0.525 bits per heavy atom. The van der Waals surface area contributed by atoms with Crippen molar-refractivity contribution in [3.63, 3.8) is 0 Å². The maximum atomic E-state index is 2.73. The van der Waals surface area contributed by atoms with Crippen LogP contribution in [0.1, 0.15) is 37.1 Å². The maximum absolute atomic E-state index is 3.83. The van der Waals surface area contributed by atoms with Gasteiger partial charge in [-0.1, -0.05) is 0 Å². The SMILES string of the molecule is C[Si](C)=[Ti+2]([C]1=CC=CC1)([CH]1c2ccccc2-c2ccccc21)([CH]1c2ccccc2-c2ccccc21)=[Si](C)C.[Cl-].[Cl-]. The van der Waals surface area contributed by atoms with Crippen LogP contribution < -0.4 is 24.8 Å². The fourth-order valence-corrected chi connectivity index (χ4v) is 63.3. The molecule has 40 heavy (non-hydrogen) atoms. The van der Waals surface area contributed by atoms with Crippen LogP contribution in [0.3, 0.4) is 0 Å². The molecule has 0 aliphatic heterocycles. The predicted molar refractivity (Wildman–Crippen MR) is 164 cm³/mol. The Kier molecular flexibility index (Phi) is 7.94. The minimum Gasteiger partial charge on any atom is -1.00 e. The molecule has 201 valence electrons. The Morgan fingerprint density at radius 2 is 0.850 bits per heavy atom. The largest absolute Gasteiger partial charge is 1.00 e. The topological polar surface area (TPSA) is 0 Å². The molecule has 5 heteroatoms. The minimum atomic E-state index is -3.83. The van der Waals surface area contributed by atoms with E-state index in [9.17, 15) is 0 Å². The normalized spacial score (nSPS) is 14.7. The first-order valence-electron chi connectivity index (χ1n) is 14.0. The molecule has 0 N–H and O–H groups in total. The Hall–Kier alpha value is -1.91. The van der Waals surface area contributed by atoms with Crippen molar-refractivity contribution in [3.05, 3.63) is 141 Å². The van der Waals surface area contributed by atoms with E-state index in [-0.39, 0.29) is 24.8 Å². The molecule has 0 bridgehead atoms. The van der Waals surface area contributed by atoms with E-state index in [1.54, 1.807) is 22.3 Å². The first kappa shape index (κ1) is 29.6. The minimum absolute atomic E-state index is 0. The Labute approximate surface area is 253 Å². The molecule has 0 saturated carbocycles. The quantitative estimate of drug-likeness (QED) is 0.304. The van der Waals surface area contributed by atoms with Crippen LogP contribution in [0.4, 0.5) is 0 Å². The van der Waals surface area contributed by atoms with E-state index in [1.807, 2.05) is 3.88 Å². The zero-order chi connectivity index (χ0) is 26.1. The third kappa shape index (κ3) is 3.47. The molecule has 0 unspecified atom stereocenters. The standard InChI is InChI=1S/2C13H9.C5H5.2C2H6Si.2ClH.Ti/c2*1-3-7-12-10(5-1)9-11-6-2-4-8-13(11)12;1-2-4-5-3-1;2*1-3-2;;;/h2*1-9H;1-3H,4H2;2*1-2H3;2*1H;/q;;;;;;;+2/p-2. The van der Waals surface area contributed by atoms with Crippen LogP contribution in [0, 0.1) is 0 Å².